The van der Waals surface area contributed by atoms with Gasteiger partial charge >= 0.3 is 0 Å². The van der Waals surface area contributed by atoms with E-state index in [1.807, 2.05) is 30.9 Å². The van der Waals surface area contributed by atoms with Crippen LogP contribution in [0.5, 0.6) is 0 Å². The fourth-order valence-corrected chi connectivity index (χ4v) is 4.68. The summed E-state index contributed by atoms with van der Waals surface area (Å²) in [5.74, 6) is 2.17. The molecule has 1 aliphatic carbocycles. The molecule has 0 saturated carbocycles. The van der Waals surface area contributed by atoms with Gasteiger partial charge in [-0.3, -0.25) is 9.79 Å². The summed E-state index contributed by atoms with van der Waals surface area (Å²) in [6, 6.07) is 13.4. The molecular weight excluding hydrogens is 400 g/mol. The quantitative estimate of drug-likeness (QED) is 0.537. The van der Waals surface area contributed by atoms with Gasteiger partial charge in [0.15, 0.2) is 5.96 Å². The van der Waals surface area contributed by atoms with Gasteiger partial charge in [0.1, 0.15) is 5.76 Å². The molecule has 2 N–H and O–H groups in total. The van der Waals surface area contributed by atoms with Crippen LogP contribution in [0.1, 0.15) is 50.0 Å². The lowest BCUT2D eigenvalue weighted by atomic mass is 9.88. The molecule has 1 amide bonds. The maximum atomic E-state index is 12.3. The SMILES string of the molecule is CC(C)C(=O)N1CCC(NC(=NCCc2ccco2)NC2CCc3ccccc3C2)CC1. The van der Waals surface area contributed by atoms with E-state index in [-0.39, 0.29) is 11.8 Å². The first-order valence-corrected chi connectivity index (χ1v) is 12.0. The van der Waals surface area contributed by atoms with Crippen molar-refractivity contribution in [2.45, 2.75) is 64.5 Å². The van der Waals surface area contributed by atoms with Crippen LogP contribution in [0.3, 0.4) is 0 Å². The molecule has 0 radical (unpaired) electrons. The molecule has 0 bridgehead atoms. The predicted molar refractivity (Wildman–Crippen MR) is 128 cm³/mol. The zero-order valence-corrected chi connectivity index (χ0v) is 19.3. The Morgan fingerprint density at radius 2 is 1.81 bits per heavy atom. The van der Waals surface area contributed by atoms with Crippen molar-refractivity contribution in [2.24, 2.45) is 10.9 Å². The molecule has 1 aromatic heterocycles. The van der Waals surface area contributed by atoms with Crippen LogP contribution in [0.25, 0.3) is 0 Å². The highest BCUT2D eigenvalue weighted by Crippen LogP contribution is 2.21. The highest BCUT2D eigenvalue weighted by molar-refractivity contribution is 5.81. The second kappa shape index (κ2) is 10.7. The van der Waals surface area contributed by atoms with Gasteiger partial charge in [0.05, 0.1) is 6.26 Å². The first-order valence-electron chi connectivity index (χ1n) is 12.0. The molecule has 2 heterocycles. The third-order valence-corrected chi connectivity index (χ3v) is 6.54. The number of piperidine rings is 1. The smallest absolute Gasteiger partial charge is 0.225 e. The van der Waals surface area contributed by atoms with Crippen LogP contribution in [-0.4, -0.2) is 48.5 Å². The van der Waals surface area contributed by atoms with Gasteiger partial charge in [-0.15, -0.1) is 0 Å². The number of benzene rings is 1. The molecule has 1 saturated heterocycles. The summed E-state index contributed by atoms with van der Waals surface area (Å²) >= 11 is 0. The van der Waals surface area contributed by atoms with Crippen LogP contribution in [-0.2, 0) is 24.1 Å². The minimum atomic E-state index is 0.0640. The van der Waals surface area contributed by atoms with Crippen molar-refractivity contribution in [3.63, 3.8) is 0 Å². The number of furan rings is 1. The van der Waals surface area contributed by atoms with Gasteiger partial charge in [0.2, 0.25) is 5.91 Å². The average Bonchev–Trinajstić information content (AvgIpc) is 3.32. The number of nitrogens with one attached hydrogen (secondary N) is 2. The van der Waals surface area contributed by atoms with Gasteiger partial charge in [-0.05, 0) is 55.4 Å². The fraction of sp³-hybridized carbons (Fsp3) is 0.538. The number of guanidine groups is 1. The average molecular weight is 437 g/mol. The van der Waals surface area contributed by atoms with Crippen LogP contribution >= 0.6 is 0 Å². The Kier molecular flexibility index (Phi) is 7.51. The fourth-order valence-electron chi connectivity index (χ4n) is 4.68. The first kappa shape index (κ1) is 22.4. The van der Waals surface area contributed by atoms with E-state index >= 15 is 0 Å². The zero-order valence-electron chi connectivity index (χ0n) is 19.3. The molecule has 1 fully saturated rings. The molecule has 6 heteroatoms. The molecule has 1 unspecified atom stereocenters. The molecule has 6 nitrogen and oxygen atoms in total. The van der Waals surface area contributed by atoms with Gasteiger partial charge in [0.25, 0.3) is 0 Å². The number of rotatable bonds is 6. The lowest BCUT2D eigenvalue weighted by molar-refractivity contribution is -0.135. The summed E-state index contributed by atoms with van der Waals surface area (Å²) in [6.45, 7) is 6.25. The molecule has 0 spiro atoms. The van der Waals surface area contributed by atoms with Crippen LogP contribution in [0.15, 0.2) is 52.1 Å². The summed E-state index contributed by atoms with van der Waals surface area (Å²) < 4.78 is 5.46. The summed E-state index contributed by atoms with van der Waals surface area (Å²) in [5, 5.41) is 7.37. The minimum absolute atomic E-state index is 0.0640. The third kappa shape index (κ3) is 5.93. The molecule has 1 atom stereocenters. The topological polar surface area (TPSA) is 69.9 Å². The molecule has 4 rings (SSSR count). The number of carbonyl (C=O) groups is 1. The number of aliphatic imine (C=N–C) groups is 1. The van der Waals surface area contributed by atoms with Crippen LogP contribution in [0.4, 0.5) is 0 Å². The van der Waals surface area contributed by atoms with Gasteiger partial charge < -0.3 is 20.0 Å². The molecule has 2 aliphatic rings. The van der Waals surface area contributed by atoms with E-state index in [4.69, 9.17) is 9.41 Å². The molecular formula is C26H36N4O2. The van der Waals surface area contributed by atoms with E-state index in [9.17, 15) is 4.79 Å². The highest BCUT2D eigenvalue weighted by Gasteiger charge is 2.26. The number of likely N-dealkylation sites (tertiary alicyclic amines) is 1. The number of aryl methyl sites for hydroxylation is 1. The Balaban J connectivity index is 1.36. The number of carbonyl (C=O) groups excluding carboxylic acids is 1. The zero-order chi connectivity index (χ0) is 22.3. The van der Waals surface area contributed by atoms with Crippen molar-refractivity contribution in [3.8, 4) is 0 Å². The molecule has 172 valence electrons. The Hall–Kier alpha value is -2.76. The van der Waals surface area contributed by atoms with Crippen molar-refractivity contribution < 1.29 is 9.21 Å². The van der Waals surface area contributed by atoms with Crippen LogP contribution in [0.2, 0.25) is 0 Å². The summed E-state index contributed by atoms with van der Waals surface area (Å²) in [4.78, 5) is 19.2. The minimum Gasteiger partial charge on any atom is -0.469 e. The first-order chi connectivity index (χ1) is 15.6. The van der Waals surface area contributed by atoms with Crippen LogP contribution < -0.4 is 10.6 Å². The van der Waals surface area contributed by atoms with E-state index in [2.05, 4.69) is 34.9 Å². The highest BCUT2D eigenvalue weighted by atomic mass is 16.3. The number of hydrogen-bond acceptors (Lipinski definition) is 3. The lowest BCUT2D eigenvalue weighted by Crippen LogP contribution is -2.52. The number of nitrogens with zero attached hydrogens (tertiary/aromatic N) is 2. The largest absolute Gasteiger partial charge is 0.469 e. The Bertz CT molecular complexity index is 898. The summed E-state index contributed by atoms with van der Waals surface area (Å²) in [6.07, 6.45) is 7.63. The second-order valence-electron chi connectivity index (χ2n) is 9.31. The van der Waals surface area contributed by atoms with Crippen molar-refractivity contribution in [1.29, 1.82) is 0 Å². The van der Waals surface area contributed by atoms with E-state index in [0.717, 1.165) is 63.3 Å². The molecule has 2 aromatic rings. The van der Waals surface area contributed by atoms with E-state index in [0.29, 0.717) is 18.6 Å². The number of hydrogen-bond donors (Lipinski definition) is 2. The number of fused-ring (bicyclic) bond motifs is 1. The van der Waals surface area contributed by atoms with Crippen molar-refractivity contribution in [3.05, 3.63) is 59.5 Å². The monoisotopic (exact) mass is 436 g/mol. The Morgan fingerprint density at radius 1 is 1.06 bits per heavy atom. The van der Waals surface area contributed by atoms with Gasteiger partial charge in [-0.2, -0.15) is 0 Å². The van der Waals surface area contributed by atoms with Crippen molar-refractivity contribution >= 4 is 11.9 Å². The lowest BCUT2D eigenvalue weighted by Gasteiger charge is -2.35. The van der Waals surface area contributed by atoms with Gasteiger partial charge in [-0.1, -0.05) is 38.1 Å². The summed E-state index contributed by atoms with van der Waals surface area (Å²) in [7, 11) is 0. The van der Waals surface area contributed by atoms with Gasteiger partial charge in [-0.25, -0.2) is 0 Å². The number of amides is 1. The Labute approximate surface area is 191 Å². The maximum absolute atomic E-state index is 12.3. The third-order valence-electron chi connectivity index (χ3n) is 6.54. The van der Waals surface area contributed by atoms with Crippen molar-refractivity contribution in [1.82, 2.24) is 15.5 Å². The molecule has 1 aromatic carbocycles. The van der Waals surface area contributed by atoms with Crippen LogP contribution in [0, 0.1) is 5.92 Å². The van der Waals surface area contributed by atoms with Crippen molar-refractivity contribution in [2.75, 3.05) is 19.6 Å². The predicted octanol–water partition coefficient (Wildman–Crippen LogP) is 3.56. The van der Waals surface area contributed by atoms with Gasteiger partial charge in [0, 0.05) is 44.1 Å². The molecule has 32 heavy (non-hydrogen) atoms. The molecule has 1 aliphatic heterocycles. The summed E-state index contributed by atoms with van der Waals surface area (Å²) in [5.41, 5.74) is 2.91. The van der Waals surface area contributed by atoms with E-state index in [1.54, 1.807) is 6.26 Å². The van der Waals surface area contributed by atoms with E-state index < -0.39 is 0 Å². The maximum Gasteiger partial charge on any atom is 0.225 e. The second-order valence-corrected chi connectivity index (χ2v) is 9.31. The normalized spacial score (nSPS) is 19.7. The van der Waals surface area contributed by atoms with E-state index in [1.165, 1.54) is 11.1 Å². The Morgan fingerprint density at radius 3 is 2.53 bits per heavy atom. The standard InChI is InChI=1S/C26H36N4O2/c1-19(2)25(31)30-15-12-22(13-16-30)28-26(27-14-11-24-8-5-17-32-24)29-23-10-9-20-6-3-4-7-21(20)18-23/h3-8,17,19,22-23H,9-16,18H2,1-2H3,(H2,27,28,29).